The Morgan fingerprint density at radius 1 is 1.21 bits per heavy atom. The van der Waals surface area contributed by atoms with Gasteiger partial charge >= 0.3 is 0 Å². The van der Waals surface area contributed by atoms with E-state index >= 15 is 0 Å². The predicted molar refractivity (Wildman–Crippen MR) is 107 cm³/mol. The molecule has 0 amide bonds. The first-order valence-corrected chi connectivity index (χ1v) is 11.7. The van der Waals surface area contributed by atoms with E-state index in [1.54, 1.807) is 0 Å². The topological polar surface area (TPSA) is 86.5 Å². The molecule has 152 valence electrons. The van der Waals surface area contributed by atoms with Gasteiger partial charge in [0.15, 0.2) is 11.5 Å². The Hall–Kier alpha value is -2.15. The van der Waals surface area contributed by atoms with E-state index in [4.69, 9.17) is 9.26 Å². The maximum absolute atomic E-state index is 12.6. The van der Waals surface area contributed by atoms with Crippen molar-refractivity contribution in [3.8, 4) is 5.75 Å². The average Bonchev–Trinajstić information content (AvgIpc) is 3.02. The van der Waals surface area contributed by atoms with Crippen LogP contribution in [-0.2, 0) is 22.7 Å². The summed E-state index contributed by atoms with van der Waals surface area (Å²) in [6, 6.07) is 7.53. The van der Waals surface area contributed by atoms with Crippen LogP contribution < -0.4 is 4.74 Å². The van der Waals surface area contributed by atoms with Gasteiger partial charge in [-0.25, -0.2) is 8.42 Å². The number of aromatic nitrogens is 1. The molecule has 0 fully saturated rings. The maximum atomic E-state index is 12.6. The van der Waals surface area contributed by atoms with Crippen molar-refractivity contribution in [2.45, 2.75) is 39.5 Å². The molecule has 6 nitrogen and oxygen atoms in total. The lowest BCUT2D eigenvalue weighted by atomic mass is 9.79. The number of Topliss-reactive ketones (excluding diaryl/α,β-unsaturated/α-hetero) is 1. The van der Waals surface area contributed by atoms with Crippen LogP contribution in [0.2, 0.25) is 0 Å². The van der Waals surface area contributed by atoms with E-state index < -0.39 is 9.84 Å². The lowest BCUT2D eigenvalue weighted by molar-refractivity contribution is 0.0932. The minimum Gasteiger partial charge on any atom is -0.494 e. The van der Waals surface area contributed by atoms with E-state index in [1.165, 1.54) is 6.26 Å². The normalized spacial score (nSPS) is 17.0. The van der Waals surface area contributed by atoms with Gasteiger partial charge in [0.25, 0.3) is 0 Å². The van der Waals surface area contributed by atoms with Crippen LogP contribution in [-0.4, -0.2) is 38.0 Å². The third-order valence-corrected chi connectivity index (χ3v) is 6.20. The van der Waals surface area contributed by atoms with Gasteiger partial charge in [0.05, 0.1) is 23.6 Å². The molecular weight excluding hydrogens is 378 g/mol. The van der Waals surface area contributed by atoms with Crippen molar-refractivity contribution in [3.05, 3.63) is 46.8 Å². The molecular formula is C21H27NO5S. The molecule has 1 aliphatic rings. The van der Waals surface area contributed by atoms with Gasteiger partial charge in [0, 0.05) is 19.1 Å². The van der Waals surface area contributed by atoms with Crippen molar-refractivity contribution in [1.82, 2.24) is 5.16 Å². The molecule has 1 heterocycles. The minimum atomic E-state index is -2.96. The van der Waals surface area contributed by atoms with Crippen LogP contribution in [0.5, 0.6) is 5.75 Å². The van der Waals surface area contributed by atoms with Gasteiger partial charge in [0.2, 0.25) is 0 Å². The lowest BCUT2D eigenvalue weighted by Crippen LogP contribution is -2.24. The van der Waals surface area contributed by atoms with Crippen LogP contribution in [0.25, 0.3) is 0 Å². The second-order valence-corrected chi connectivity index (χ2v) is 10.2. The fourth-order valence-corrected chi connectivity index (χ4v) is 4.11. The number of fused-ring (bicyclic) bond motifs is 1. The summed E-state index contributed by atoms with van der Waals surface area (Å²) in [5.41, 5.74) is 2.45. The Bertz CT molecular complexity index is 928. The standard InChI is InChI=1S/C21H27NO5S/c1-14(2)16-12-18-21(19(23)13-16)20(27-22-18)11-15-5-7-17(8-6-15)26-9-4-10-28(3,24)25/h5-8,14,16H,4,9-13H2,1-3H3. The fraction of sp³-hybridized carbons (Fsp3) is 0.524. The number of nitrogens with zero attached hydrogens (tertiary/aromatic N) is 1. The number of sulfone groups is 1. The summed E-state index contributed by atoms with van der Waals surface area (Å²) in [6.45, 7) is 4.62. The molecule has 1 aromatic heterocycles. The smallest absolute Gasteiger partial charge is 0.168 e. The van der Waals surface area contributed by atoms with Crippen LogP contribution in [0, 0.1) is 11.8 Å². The number of carbonyl (C=O) groups excluding carboxylic acids is 1. The number of carbonyl (C=O) groups is 1. The highest BCUT2D eigenvalue weighted by Crippen LogP contribution is 2.32. The molecule has 3 rings (SSSR count). The molecule has 28 heavy (non-hydrogen) atoms. The number of hydrogen-bond donors (Lipinski definition) is 0. The Morgan fingerprint density at radius 3 is 2.57 bits per heavy atom. The molecule has 0 spiro atoms. The molecule has 1 atom stereocenters. The number of ether oxygens (including phenoxy) is 1. The van der Waals surface area contributed by atoms with Crippen molar-refractivity contribution >= 4 is 15.6 Å². The zero-order chi connectivity index (χ0) is 20.3. The first kappa shape index (κ1) is 20.6. The average molecular weight is 406 g/mol. The summed E-state index contributed by atoms with van der Waals surface area (Å²) in [4.78, 5) is 12.6. The van der Waals surface area contributed by atoms with E-state index in [2.05, 4.69) is 19.0 Å². The molecule has 0 bridgehead atoms. The third kappa shape index (κ3) is 5.22. The number of rotatable bonds is 8. The summed E-state index contributed by atoms with van der Waals surface area (Å²) in [5, 5.41) is 4.15. The van der Waals surface area contributed by atoms with E-state index in [1.807, 2.05) is 24.3 Å². The monoisotopic (exact) mass is 405 g/mol. The quantitative estimate of drug-likeness (QED) is 0.625. The molecule has 7 heteroatoms. The second kappa shape index (κ2) is 8.47. The zero-order valence-electron chi connectivity index (χ0n) is 16.6. The SMILES string of the molecule is CC(C)C1CC(=O)c2c(noc2Cc2ccc(OCCCS(C)(=O)=O)cc2)C1. The van der Waals surface area contributed by atoms with Crippen molar-refractivity contribution in [3.63, 3.8) is 0 Å². The molecule has 0 saturated heterocycles. The minimum absolute atomic E-state index is 0.118. The molecule has 0 aliphatic heterocycles. The van der Waals surface area contributed by atoms with Gasteiger partial charge < -0.3 is 9.26 Å². The predicted octanol–water partition coefficient (Wildman–Crippen LogP) is 3.48. The number of hydrogen-bond acceptors (Lipinski definition) is 6. The van der Waals surface area contributed by atoms with E-state index in [0.717, 1.165) is 17.7 Å². The van der Waals surface area contributed by atoms with Crippen LogP contribution in [0.4, 0.5) is 0 Å². The largest absolute Gasteiger partial charge is 0.494 e. The van der Waals surface area contributed by atoms with Crippen LogP contribution in [0.15, 0.2) is 28.8 Å². The number of ketones is 1. The Morgan fingerprint density at radius 2 is 1.93 bits per heavy atom. The number of benzene rings is 1. The molecule has 0 N–H and O–H groups in total. The van der Waals surface area contributed by atoms with Gasteiger partial charge in [-0.05, 0) is 42.4 Å². The molecule has 1 aromatic carbocycles. The van der Waals surface area contributed by atoms with Crippen molar-refractivity contribution in [1.29, 1.82) is 0 Å². The first-order valence-electron chi connectivity index (χ1n) is 9.63. The van der Waals surface area contributed by atoms with Crippen molar-refractivity contribution < 1.29 is 22.5 Å². The van der Waals surface area contributed by atoms with Gasteiger partial charge in [0.1, 0.15) is 15.6 Å². The first-order chi connectivity index (χ1) is 13.2. The van der Waals surface area contributed by atoms with Gasteiger partial charge in [-0.1, -0.05) is 31.1 Å². The van der Waals surface area contributed by atoms with Crippen LogP contribution in [0.3, 0.4) is 0 Å². The van der Waals surface area contributed by atoms with Gasteiger partial charge in [-0.15, -0.1) is 0 Å². The highest BCUT2D eigenvalue weighted by molar-refractivity contribution is 7.90. The lowest BCUT2D eigenvalue weighted by Gasteiger charge is -2.23. The van der Waals surface area contributed by atoms with Crippen molar-refractivity contribution in [2.75, 3.05) is 18.6 Å². The fourth-order valence-electron chi connectivity index (χ4n) is 3.47. The summed E-state index contributed by atoms with van der Waals surface area (Å²) in [7, 11) is -2.96. The molecule has 1 aliphatic carbocycles. The van der Waals surface area contributed by atoms with E-state index in [0.29, 0.717) is 54.8 Å². The van der Waals surface area contributed by atoms with E-state index in [9.17, 15) is 13.2 Å². The summed E-state index contributed by atoms with van der Waals surface area (Å²) >= 11 is 0. The molecule has 2 aromatic rings. The van der Waals surface area contributed by atoms with Crippen molar-refractivity contribution in [2.24, 2.45) is 11.8 Å². The van der Waals surface area contributed by atoms with Gasteiger partial charge in [-0.2, -0.15) is 0 Å². The van der Waals surface area contributed by atoms with Crippen LogP contribution in [0.1, 0.15) is 54.1 Å². The molecule has 0 saturated carbocycles. The summed E-state index contributed by atoms with van der Waals surface area (Å²) in [6.07, 6.45) is 3.54. The van der Waals surface area contributed by atoms with Crippen LogP contribution >= 0.6 is 0 Å². The molecule has 1 unspecified atom stereocenters. The second-order valence-electron chi connectivity index (χ2n) is 7.92. The van der Waals surface area contributed by atoms with Gasteiger partial charge in [-0.3, -0.25) is 4.79 Å². The third-order valence-electron chi connectivity index (χ3n) is 5.17. The highest BCUT2D eigenvalue weighted by Gasteiger charge is 2.32. The Balaban J connectivity index is 1.60. The molecule has 0 radical (unpaired) electrons. The Kier molecular flexibility index (Phi) is 6.23. The Labute approximate surface area is 166 Å². The summed E-state index contributed by atoms with van der Waals surface area (Å²) < 4.78 is 33.3. The zero-order valence-corrected chi connectivity index (χ0v) is 17.4. The summed E-state index contributed by atoms with van der Waals surface area (Å²) in [5.74, 6) is 2.34. The highest BCUT2D eigenvalue weighted by atomic mass is 32.2. The van der Waals surface area contributed by atoms with E-state index in [-0.39, 0.29) is 11.5 Å². The maximum Gasteiger partial charge on any atom is 0.168 e.